The summed E-state index contributed by atoms with van der Waals surface area (Å²) < 4.78 is 0. The summed E-state index contributed by atoms with van der Waals surface area (Å²) in [4.78, 5) is 2.24. The molecule has 0 fully saturated rings. The highest BCUT2D eigenvalue weighted by molar-refractivity contribution is 4.95. The smallest absolute Gasteiger partial charge is 0.0183 e. The van der Waals surface area contributed by atoms with Crippen molar-refractivity contribution < 1.29 is 0 Å². The quantitative estimate of drug-likeness (QED) is 0.610. The Morgan fingerprint density at radius 1 is 1.50 bits per heavy atom. The van der Waals surface area contributed by atoms with Gasteiger partial charge >= 0.3 is 0 Å². The number of nitrogens with one attached hydrogen (secondary N) is 1. The molecule has 1 N–H and O–H groups in total. The molecule has 0 aromatic carbocycles. The fraction of sp³-hybridized carbons (Fsp3) is 0.800. The minimum absolute atomic E-state index is 0.560. The summed E-state index contributed by atoms with van der Waals surface area (Å²) in [5.74, 6) is 0.560. The second-order valence-electron chi connectivity index (χ2n) is 3.52. The van der Waals surface area contributed by atoms with Gasteiger partial charge in [0.2, 0.25) is 0 Å². The monoisotopic (exact) mass is 170 g/mol. The molecule has 2 nitrogen and oxygen atoms in total. The second kappa shape index (κ2) is 6.06. The van der Waals surface area contributed by atoms with Gasteiger partial charge in [0.15, 0.2) is 0 Å². The van der Waals surface area contributed by atoms with Gasteiger partial charge in [-0.2, -0.15) is 0 Å². The molecule has 0 unspecified atom stereocenters. The summed E-state index contributed by atoms with van der Waals surface area (Å²) in [6.45, 7) is 10.6. The van der Waals surface area contributed by atoms with Gasteiger partial charge < -0.3 is 10.2 Å². The summed E-state index contributed by atoms with van der Waals surface area (Å²) in [6, 6.07) is 0. The van der Waals surface area contributed by atoms with E-state index in [4.69, 9.17) is 0 Å². The molecule has 72 valence electrons. The first-order valence-electron chi connectivity index (χ1n) is 4.64. The van der Waals surface area contributed by atoms with Crippen molar-refractivity contribution in [1.29, 1.82) is 0 Å². The van der Waals surface area contributed by atoms with Crippen LogP contribution >= 0.6 is 0 Å². The zero-order valence-electron chi connectivity index (χ0n) is 8.85. The van der Waals surface area contributed by atoms with Crippen LogP contribution in [0.2, 0.25) is 0 Å². The van der Waals surface area contributed by atoms with E-state index in [0.29, 0.717) is 5.92 Å². The van der Waals surface area contributed by atoms with E-state index in [1.807, 2.05) is 7.05 Å². The van der Waals surface area contributed by atoms with Gasteiger partial charge in [0.1, 0.15) is 0 Å². The van der Waals surface area contributed by atoms with Crippen LogP contribution in [0.1, 0.15) is 20.3 Å². The van der Waals surface area contributed by atoms with Gasteiger partial charge in [-0.3, -0.25) is 0 Å². The minimum atomic E-state index is 0.560. The molecule has 0 radical (unpaired) electrons. The van der Waals surface area contributed by atoms with Gasteiger partial charge in [-0.05, 0) is 25.9 Å². The fourth-order valence-corrected chi connectivity index (χ4v) is 1.08. The lowest BCUT2D eigenvalue weighted by molar-refractivity contribution is 0.368. The van der Waals surface area contributed by atoms with E-state index in [1.54, 1.807) is 0 Å². The fourth-order valence-electron chi connectivity index (χ4n) is 1.08. The van der Waals surface area contributed by atoms with Gasteiger partial charge in [-0.1, -0.05) is 20.4 Å². The molecule has 0 spiro atoms. The summed E-state index contributed by atoms with van der Waals surface area (Å²) in [6.07, 6.45) is 1.18. The van der Waals surface area contributed by atoms with E-state index in [-0.39, 0.29) is 0 Å². The number of nitrogens with zero attached hydrogens (tertiary/aromatic N) is 1. The first-order chi connectivity index (χ1) is 5.59. The van der Waals surface area contributed by atoms with E-state index in [9.17, 15) is 0 Å². The van der Waals surface area contributed by atoms with Crippen molar-refractivity contribution in [2.24, 2.45) is 5.92 Å². The van der Waals surface area contributed by atoms with Crippen molar-refractivity contribution in [2.75, 3.05) is 27.2 Å². The predicted octanol–water partition coefficient (Wildman–Crippen LogP) is 1.70. The Balaban J connectivity index is 3.57. The highest BCUT2D eigenvalue weighted by Crippen LogP contribution is 2.10. The molecular weight excluding hydrogens is 148 g/mol. The lowest BCUT2D eigenvalue weighted by Crippen LogP contribution is -2.24. The predicted molar refractivity (Wildman–Crippen MR) is 55.2 cm³/mol. The van der Waals surface area contributed by atoms with Crippen molar-refractivity contribution in [1.82, 2.24) is 10.2 Å². The molecule has 0 aromatic rings. The van der Waals surface area contributed by atoms with Crippen molar-refractivity contribution in [2.45, 2.75) is 20.3 Å². The summed E-state index contributed by atoms with van der Waals surface area (Å²) >= 11 is 0. The van der Waals surface area contributed by atoms with Crippen LogP contribution < -0.4 is 5.32 Å². The average molecular weight is 170 g/mol. The molecule has 0 atom stereocenters. The zero-order chi connectivity index (χ0) is 9.56. The first kappa shape index (κ1) is 11.5. The Hall–Kier alpha value is -0.500. The molecule has 0 saturated heterocycles. The molecule has 0 aliphatic heterocycles. The summed E-state index contributed by atoms with van der Waals surface area (Å²) in [5, 5.41) is 3.13. The van der Waals surface area contributed by atoms with Crippen LogP contribution in [0.4, 0.5) is 0 Å². The number of hydrogen-bond donors (Lipinski definition) is 1. The van der Waals surface area contributed by atoms with Gasteiger partial charge in [-0.25, -0.2) is 0 Å². The molecular formula is C10H22N2. The molecule has 0 aromatic heterocycles. The first-order valence-corrected chi connectivity index (χ1v) is 4.64. The maximum Gasteiger partial charge on any atom is 0.0183 e. The van der Waals surface area contributed by atoms with E-state index in [0.717, 1.165) is 13.1 Å². The zero-order valence-corrected chi connectivity index (χ0v) is 8.85. The maximum absolute atomic E-state index is 4.04. The molecule has 0 aliphatic carbocycles. The molecule has 0 rings (SSSR count). The minimum Gasteiger partial charge on any atom is -0.378 e. The average Bonchev–Trinajstić information content (AvgIpc) is 2.03. The Morgan fingerprint density at radius 2 is 2.08 bits per heavy atom. The molecule has 2 heteroatoms. The van der Waals surface area contributed by atoms with Crippen molar-refractivity contribution in [3.8, 4) is 0 Å². The van der Waals surface area contributed by atoms with Gasteiger partial charge in [0, 0.05) is 19.3 Å². The van der Waals surface area contributed by atoms with Gasteiger partial charge in [0.25, 0.3) is 0 Å². The van der Waals surface area contributed by atoms with E-state index in [2.05, 4.69) is 37.7 Å². The van der Waals surface area contributed by atoms with Crippen molar-refractivity contribution in [3.05, 3.63) is 12.3 Å². The Kier molecular flexibility index (Phi) is 5.81. The number of allylic oxidation sites excluding steroid dienone is 1. The molecule has 0 saturated carbocycles. The molecule has 0 bridgehead atoms. The molecule has 12 heavy (non-hydrogen) atoms. The third-order valence-corrected chi connectivity index (χ3v) is 2.08. The van der Waals surface area contributed by atoms with Gasteiger partial charge in [0.05, 0.1) is 0 Å². The number of rotatable bonds is 6. The van der Waals surface area contributed by atoms with Crippen LogP contribution in [-0.2, 0) is 0 Å². The van der Waals surface area contributed by atoms with Crippen LogP contribution in [0.5, 0.6) is 0 Å². The largest absolute Gasteiger partial charge is 0.378 e. The van der Waals surface area contributed by atoms with Crippen molar-refractivity contribution in [3.63, 3.8) is 0 Å². The normalized spacial score (nSPS) is 10.4. The molecule has 0 aliphatic rings. The summed E-state index contributed by atoms with van der Waals surface area (Å²) in [7, 11) is 4.09. The highest BCUT2D eigenvalue weighted by Gasteiger charge is 2.04. The topological polar surface area (TPSA) is 15.3 Å². The lowest BCUT2D eigenvalue weighted by atomic mass is 10.1. The SMILES string of the molecule is C=C(C(C)C)N(C)CCCNC. The maximum atomic E-state index is 4.04. The van der Waals surface area contributed by atoms with Crippen LogP contribution in [0.25, 0.3) is 0 Å². The van der Waals surface area contributed by atoms with Gasteiger partial charge in [-0.15, -0.1) is 0 Å². The second-order valence-corrected chi connectivity index (χ2v) is 3.52. The third-order valence-electron chi connectivity index (χ3n) is 2.08. The Morgan fingerprint density at radius 3 is 2.50 bits per heavy atom. The van der Waals surface area contributed by atoms with Crippen LogP contribution in [-0.4, -0.2) is 32.1 Å². The van der Waals surface area contributed by atoms with Crippen molar-refractivity contribution >= 4 is 0 Å². The van der Waals surface area contributed by atoms with Crippen LogP contribution in [0.3, 0.4) is 0 Å². The van der Waals surface area contributed by atoms with E-state index < -0.39 is 0 Å². The van der Waals surface area contributed by atoms with Crippen LogP contribution in [0, 0.1) is 5.92 Å². The number of hydrogen-bond acceptors (Lipinski definition) is 2. The molecule has 0 heterocycles. The Labute approximate surface area is 76.6 Å². The van der Waals surface area contributed by atoms with E-state index in [1.165, 1.54) is 12.1 Å². The lowest BCUT2D eigenvalue weighted by Gasteiger charge is -2.24. The standard InChI is InChI=1S/C10H22N2/c1-9(2)10(3)12(5)8-6-7-11-4/h9,11H,3,6-8H2,1-2,4-5H3. The molecule has 0 amide bonds. The highest BCUT2D eigenvalue weighted by atomic mass is 15.1. The third kappa shape index (κ3) is 4.39. The van der Waals surface area contributed by atoms with E-state index >= 15 is 0 Å². The summed E-state index contributed by atoms with van der Waals surface area (Å²) in [5.41, 5.74) is 1.23. The van der Waals surface area contributed by atoms with Crippen LogP contribution in [0.15, 0.2) is 12.3 Å². The Bertz CT molecular complexity index is 130.